The fraction of sp³-hybridized carbons (Fsp3) is 0.417. The molecule has 2 heteroatoms. The molecule has 0 radical (unpaired) electrons. The fourth-order valence-electron chi connectivity index (χ4n) is 0.728. The van der Waals surface area contributed by atoms with E-state index in [0.29, 0.717) is 5.56 Å². The van der Waals surface area contributed by atoms with E-state index in [-0.39, 0.29) is 0 Å². The topological polar surface area (TPSA) is 29.1 Å². The van der Waals surface area contributed by atoms with E-state index in [2.05, 4.69) is 5.32 Å². The Morgan fingerprint density at radius 3 is 1.71 bits per heavy atom. The van der Waals surface area contributed by atoms with Crippen molar-refractivity contribution in [2.45, 2.75) is 27.7 Å². The third kappa shape index (κ3) is 6.23. The first kappa shape index (κ1) is 15.2. The van der Waals surface area contributed by atoms with Crippen molar-refractivity contribution >= 4 is 12.0 Å². The van der Waals surface area contributed by atoms with Gasteiger partial charge in [-0.2, -0.15) is 0 Å². The number of hydrogen-bond donors (Lipinski definition) is 1. The smallest absolute Gasteiger partial charge is 0.150 e. The highest BCUT2D eigenvalue weighted by Gasteiger charge is 1.87. The Labute approximate surface area is 87.3 Å². The molecule has 1 rings (SSSR count). The lowest BCUT2D eigenvalue weighted by Crippen LogP contribution is -1.87. The van der Waals surface area contributed by atoms with Crippen LogP contribution in [0.5, 0.6) is 0 Å². The van der Waals surface area contributed by atoms with Crippen molar-refractivity contribution in [3.63, 3.8) is 0 Å². The molecule has 0 fully saturated rings. The summed E-state index contributed by atoms with van der Waals surface area (Å²) in [5.41, 5.74) is 1.73. The lowest BCUT2D eigenvalue weighted by atomic mass is 10.2. The summed E-state index contributed by atoms with van der Waals surface area (Å²) < 4.78 is 0. The molecule has 0 atom stereocenters. The van der Waals surface area contributed by atoms with Crippen LogP contribution in [-0.2, 0) is 0 Å². The highest BCUT2D eigenvalue weighted by molar-refractivity contribution is 5.75. The number of carbonyl (C=O) groups is 1. The summed E-state index contributed by atoms with van der Waals surface area (Å²) >= 11 is 0. The lowest BCUT2D eigenvalue weighted by molar-refractivity contribution is 0.112. The first-order valence-corrected chi connectivity index (χ1v) is 5.10. The minimum absolute atomic E-state index is 0.707. The second kappa shape index (κ2) is 11.7. The van der Waals surface area contributed by atoms with Gasteiger partial charge in [0.1, 0.15) is 6.29 Å². The summed E-state index contributed by atoms with van der Waals surface area (Å²) in [5, 5.41) is 2.96. The van der Waals surface area contributed by atoms with Crippen LogP contribution in [0.4, 0.5) is 5.69 Å². The lowest BCUT2D eigenvalue weighted by Gasteiger charge is -1.97. The Bertz CT molecular complexity index is 216. The van der Waals surface area contributed by atoms with E-state index in [9.17, 15) is 4.79 Å². The molecule has 0 heterocycles. The third-order valence-electron chi connectivity index (χ3n) is 1.34. The summed E-state index contributed by atoms with van der Waals surface area (Å²) in [6.45, 7) is 8.00. The third-order valence-corrected chi connectivity index (χ3v) is 1.34. The van der Waals surface area contributed by atoms with E-state index in [1.165, 1.54) is 0 Å². The fourth-order valence-corrected chi connectivity index (χ4v) is 0.728. The molecule has 0 aliphatic heterocycles. The van der Waals surface area contributed by atoms with Gasteiger partial charge in [0.2, 0.25) is 0 Å². The Balaban J connectivity index is 0. The zero-order chi connectivity index (χ0) is 11.4. The number of carbonyl (C=O) groups excluding carboxylic acids is 1. The van der Waals surface area contributed by atoms with Crippen LogP contribution in [0.1, 0.15) is 38.1 Å². The maximum atomic E-state index is 10.2. The molecule has 0 unspecified atom stereocenters. The molecule has 0 aromatic heterocycles. The van der Waals surface area contributed by atoms with E-state index in [1.807, 2.05) is 46.9 Å². The average molecular weight is 195 g/mol. The first-order valence-electron chi connectivity index (χ1n) is 5.10. The number of aldehydes is 1. The highest BCUT2D eigenvalue weighted by atomic mass is 16.1. The number of nitrogens with one attached hydrogen (secondary N) is 1. The van der Waals surface area contributed by atoms with Gasteiger partial charge in [0.15, 0.2) is 0 Å². The highest BCUT2D eigenvalue weighted by Crippen LogP contribution is 2.05. The first-order chi connectivity index (χ1) is 6.86. The Morgan fingerprint density at radius 1 is 1.00 bits per heavy atom. The van der Waals surface area contributed by atoms with Gasteiger partial charge in [-0.3, -0.25) is 4.79 Å². The predicted octanol–water partition coefficient (Wildman–Crippen LogP) is 3.59. The van der Waals surface area contributed by atoms with E-state index in [1.54, 1.807) is 12.1 Å². The summed E-state index contributed by atoms with van der Waals surface area (Å²) in [6, 6.07) is 7.28. The van der Waals surface area contributed by atoms with Gasteiger partial charge in [0, 0.05) is 18.3 Å². The van der Waals surface area contributed by atoms with E-state index in [0.717, 1.165) is 12.0 Å². The maximum absolute atomic E-state index is 10.2. The average Bonchev–Trinajstić information content (AvgIpc) is 2.34. The monoisotopic (exact) mass is 195 g/mol. The second-order valence-corrected chi connectivity index (χ2v) is 1.99. The minimum atomic E-state index is 0.707. The molecule has 0 bridgehead atoms. The molecule has 0 spiro atoms. The number of rotatable bonds is 2. The van der Waals surface area contributed by atoms with Crippen molar-refractivity contribution in [2.24, 2.45) is 0 Å². The maximum Gasteiger partial charge on any atom is 0.150 e. The van der Waals surface area contributed by atoms with Crippen LogP contribution < -0.4 is 5.32 Å². The summed E-state index contributed by atoms with van der Waals surface area (Å²) in [4.78, 5) is 10.2. The van der Waals surface area contributed by atoms with Gasteiger partial charge in [-0.05, 0) is 24.3 Å². The largest absolute Gasteiger partial charge is 0.388 e. The summed E-state index contributed by atoms with van der Waals surface area (Å²) in [5.74, 6) is 0. The van der Waals surface area contributed by atoms with Crippen molar-refractivity contribution in [3.8, 4) is 0 Å². The molecule has 0 saturated heterocycles. The molecule has 80 valence electrons. The molecule has 0 aliphatic rings. The van der Waals surface area contributed by atoms with Gasteiger partial charge in [-0.1, -0.05) is 27.7 Å². The Morgan fingerprint density at radius 2 is 1.43 bits per heavy atom. The minimum Gasteiger partial charge on any atom is -0.388 e. The standard InChI is InChI=1S/C8H9NO.2C2H6/c1-9-8-4-2-7(6-10)3-5-8;2*1-2/h2-6,9H,1H3;2*1-2H3. The van der Waals surface area contributed by atoms with Gasteiger partial charge in [0.05, 0.1) is 0 Å². The normalized spacial score (nSPS) is 7.21. The quantitative estimate of drug-likeness (QED) is 0.731. The van der Waals surface area contributed by atoms with Crippen LogP contribution in [-0.4, -0.2) is 13.3 Å². The van der Waals surface area contributed by atoms with Crippen molar-refractivity contribution < 1.29 is 4.79 Å². The van der Waals surface area contributed by atoms with Gasteiger partial charge >= 0.3 is 0 Å². The molecule has 14 heavy (non-hydrogen) atoms. The van der Waals surface area contributed by atoms with Crippen LogP contribution in [0.2, 0.25) is 0 Å². The number of anilines is 1. The molecule has 1 aromatic carbocycles. The van der Waals surface area contributed by atoms with E-state index >= 15 is 0 Å². The van der Waals surface area contributed by atoms with E-state index in [4.69, 9.17) is 0 Å². The molecule has 2 nitrogen and oxygen atoms in total. The Hall–Kier alpha value is -1.31. The van der Waals surface area contributed by atoms with E-state index < -0.39 is 0 Å². The summed E-state index contributed by atoms with van der Waals surface area (Å²) in [6.07, 6.45) is 0.833. The molecule has 1 aromatic rings. The van der Waals surface area contributed by atoms with Crippen molar-refractivity contribution in [1.82, 2.24) is 0 Å². The number of hydrogen-bond acceptors (Lipinski definition) is 2. The summed E-state index contributed by atoms with van der Waals surface area (Å²) in [7, 11) is 1.84. The number of benzene rings is 1. The van der Waals surface area contributed by atoms with Gasteiger partial charge in [0.25, 0.3) is 0 Å². The van der Waals surface area contributed by atoms with Gasteiger partial charge in [-0.15, -0.1) is 0 Å². The molecule has 1 N–H and O–H groups in total. The van der Waals surface area contributed by atoms with Crippen LogP contribution in [0.15, 0.2) is 24.3 Å². The molecular weight excluding hydrogens is 174 g/mol. The van der Waals surface area contributed by atoms with Crippen molar-refractivity contribution in [2.75, 3.05) is 12.4 Å². The van der Waals surface area contributed by atoms with Gasteiger partial charge < -0.3 is 5.32 Å². The van der Waals surface area contributed by atoms with Crippen LogP contribution in [0, 0.1) is 0 Å². The molecule has 0 saturated carbocycles. The van der Waals surface area contributed by atoms with Crippen LogP contribution in [0.3, 0.4) is 0 Å². The molecule has 0 amide bonds. The van der Waals surface area contributed by atoms with Crippen LogP contribution in [0.25, 0.3) is 0 Å². The van der Waals surface area contributed by atoms with Crippen molar-refractivity contribution in [1.29, 1.82) is 0 Å². The zero-order valence-electron chi connectivity index (χ0n) is 9.79. The predicted molar refractivity (Wildman–Crippen MR) is 64.1 cm³/mol. The molecule has 0 aliphatic carbocycles. The zero-order valence-corrected chi connectivity index (χ0v) is 9.79. The van der Waals surface area contributed by atoms with Gasteiger partial charge in [-0.25, -0.2) is 0 Å². The van der Waals surface area contributed by atoms with Crippen molar-refractivity contribution in [3.05, 3.63) is 29.8 Å². The SMILES string of the molecule is CC.CC.CNc1ccc(C=O)cc1. The second-order valence-electron chi connectivity index (χ2n) is 1.99. The Kier molecular flexibility index (Phi) is 12.7. The van der Waals surface area contributed by atoms with Crippen LogP contribution >= 0.6 is 0 Å². The molecular formula is C12H21NO.